The fourth-order valence-corrected chi connectivity index (χ4v) is 13.0. The maximum absolute atomic E-state index is 10.3. The molecular weight excluding hydrogens is 1690 g/mol. The number of nitrogens with zero attached hydrogens (tertiary/aromatic N) is 10. The summed E-state index contributed by atoms with van der Waals surface area (Å²) in [7, 11) is 12.5. The molecule has 31 nitrogen and oxygen atoms in total. The number of nitrogens with one attached hydrogen (secondary N) is 4. The van der Waals surface area contributed by atoms with Crippen LogP contribution in [-0.4, -0.2) is 200 Å². The van der Waals surface area contributed by atoms with Crippen LogP contribution in [0, 0.1) is 34.6 Å². The summed E-state index contributed by atoms with van der Waals surface area (Å²) >= 11 is 21.5. The lowest BCUT2D eigenvalue weighted by Crippen LogP contribution is -2.25. The summed E-state index contributed by atoms with van der Waals surface area (Å²) in [6.07, 6.45) is 26.0. The van der Waals surface area contributed by atoms with Crippen LogP contribution in [0.2, 0.25) is 0 Å². The maximum atomic E-state index is 10.3. The summed E-state index contributed by atoms with van der Waals surface area (Å²) < 4.78 is 51.5. The van der Waals surface area contributed by atoms with E-state index < -0.39 is 11.9 Å². The smallest absolute Gasteiger partial charge is 0.307 e. The summed E-state index contributed by atoms with van der Waals surface area (Å²) in [5.41, 5.74) is 16.6. The molecular formula is C91H121N15O16S4. The average Bonchev–Trinajstić information content (AvgIpc) is 1.47. The van der Waals surface area contributed by atoms with Gasteiger partial charge < -0.3 is 118 Å². The number of carboxylic acids is 2. The predicted molar refractivity (Wildman–Crippen MR) is 505 cm³/mol. The van der Waals surface area contributed by atoms with E-state index in [1.165, 1.54) is 75.5 Å². The molecule has 0 saturated carbocycles. The van der Waals surface area contributed by atoms with Crippen LogP contribution >= 0.6 is 48.9 Å². The molecule has 0 unspecified atom stereocenters. The first-order chi connectivity index (χ1) is 60.6. The predicted octanol–water partition coefficient (Wildman–Crippen LogP) is 13.0. The van der Waals surface area contributed by atoms with Gasteiger partial charge in [0.05, 0.1) is 121 Å². The third kappa shape index (κ3) is 38.7. The Morgan fingerprint density at radius 1 is 0.310 bits per heavy atom. The lowest BCUT2D eigenvalue weighted by atomic mass is 10.1. The second kappa shape index (κ2) is 57.8. The fraction of sp³-hybridized carbons (Fsp3) is 0.374. The van der Waals surface area contributed by atoms with Crippen molar-refractivity contribution in [3.05, 3.63) is 234 Å². The van der Waals surface area contributed by atoms with E-state index in [9.17, 15) is 30.0 Å². The number of hydrogen-bond donors (Lipinski definition) is 11. The van der Waals surface area contributed by atoms with Crippen LogP contribution in [0.15, 0.2) is 172 Å². The molecule has 5 aromatic heterocycles. The highest BCUT2D eigenvalue weighted by Gasteiger charge is 2.13. The Morgan fingerprint density at radius 3 is 0.762 bits per heavy atom. The molecule has 0 radical (unpaired) electrons. The number of carbonyl (C=O) groups is 2. The number of rotatable bonds is 39. The van der Waals surface area contributed by atoms with Crippen molar-refractivity contribution < 1.29 is 78.1 Å². The molecule has 11 aromatic rings. The number of phenolic OH excluding ortho intramolecular Hbond substituents is 4. The number of ether oxygens (including phenoxy) is 8. The van der Waals surface area contributed by atoms with Crippen LogP contribution in [0.25, 0.3) is 0 Å². The largest absolute Gasteiger partial charge is 0.504 e. The van der Waals surface area contributed by atoms with E-state index in [1.54, 1.807) is 64.8 Å². The van der Waals surface area contributed by atoms with Crippen molar-refractivity contribution in [2.75, 3.05) is 89.6 Å². The molecule has 12 N–H and O–H groups in total. The molecule has 0 amide bonds. The maximum Gasteiger partial charge on any atom is 0.307 e. The van der Waals surface area contributed by atoms with Gasteiger partial charge in [-0.2, -0.15) is 0 Å². The van der Waals surface area contributed by atoms with Gasteiger partial charge in [0.1, 0.15) is 0 Å². The van der Waals surface area contributed by atoms with Crippen LogP contribution in [0.5, 0.6) is 69.0 Å². The van der Waals surface area contributed by atoms with Crippen LogP contribution < -0.4 is 64.9 Å². The first kappa shape index (κ1) is 104. The molecule has 0 bridgehead atoms. The number of aromatic nitrogens is 10. The van der Waals surface area contributed by atoms with Crippen molar-refractivity contribution in [3.63, 3.8) is 0 Å². The van der Waals surface area contributed by atoms with Gasteiger partial charge in [0, 0.05) is 144 Å². The van der Waals surface area contributed by atoms with Crippen molar-refractivity contribution >= 4 is 80.8 Å². The molecule has 0 saturated heterocycles. The van der Waals surface area contributed by atoms with Gasteiger partial charge in [-0.1, -0.05) is 85.3 Å². The Bertz CT molecular complexity index is 5030. The minimum atomic E-state index is -0.926. The lowest BCUT2D eigenvalue weighted by Gasteiger charge is -2.11. The van der Waals surface area contributed by atoms with E-state index in [0.717, 1.165) is 168 Å². The number of hydrogen-bond acceptors (Lipinski definition) is 24. The number of methoxy groups -OCH3 is 8. The number of imidazole rings is 5. The van der Waals surface area contributed by atoms with Gasteiger partial charge in [-0.05, 0) is 179 Å². The van der Waals surface area contributed by atoms with Crippen LogP contribution in [0.3, 0.4) is 0 Å². The summed E-state index contributed by atoms with van der Waals surface area (Å²) in [5.74, 6) is 2.89. The van der Waals surface area contributed by atoms with Crippen molar-refractivity contribution in [1.29, 1.82) is 0 Å². The minimum absolute atomic E-state index is 0.0108. The van der Waals surface area contributed by atoms with Gasteiger partial charge in [0.15, 0.2) is 69.0 Å². The molecule has 0 aliphatic rings. The zero-order valence-corrected chi connectivity index (χ0v) is 77.2. The van der Waals surface area contributed by atoms with Crippen molar-refractivity contribution in [2.45, 2.75) is 138 Å². The summed E-state index contributed by atoms with van der Waals surface area (Å²) in [6.45, 7) is 19.1. The Kier molecular flexibility index (Phi) is 47.7. The molecule has 0 spiro atoms. The Balaban J connectivity index is 0.000000265. The molecule has 0 fully saturated rings. The fourth-order valence-electron chi connectivity index (χ4n) is 12.0. The van der Waals surface area contributed by atoms with Crippen molar-refractivity contribution in [1.82, 2.24) is 69.0 Å². The number of benzene rings is 6. The average molecular weight is 1810 g/mol. The number of carboxylic acid groups (broad SMARTS) is 2. The molecule has 0 aliphatic heterocycles. The quantitative estimate of drug-likeness (QED) is 0.0126. The Labute approximate surface area is 759 Å². The molecule has 5 heterocycles. The zero-order chi connectivity index (χ0) is 92.3. The molecule has 11 rings (SSSR count). The molecule has 126 heavy (non-hydrogen) atoms. The van der Waals surface area contributed by atoms with Gasteiger partial charge in [0.2, 0.25) is 0 Å². The van der Waals surface area contributed by atoms with E-state index in [0.29, 0.717) is 59.8 Å². The second-order valence-corrected chi connectivity index (χ2v) is 30.3. The van der Waals surface area contributed by atoms with Crippen molar-refractivity contribution in [3.8, 4) is 69.0 Å². The Morgan fingerprint density at radius 2 is 0.532 bits per heavy atom. The molecule has 680 valence electrons. The Hall–Kier alpha value is -12.6. The van der Waals surface area contributed by atoms with Crippen LogP contribution in [0.1, 0.15) is 94.0 Å². The first-order valence-electron chi connectivity index (χ1n) is 40.5. The SMILES string of the molecule is COc1cc(CC(=O)O)ccc1O.COc1cc(CC(=S)NCCCn2cncc2C)ccc1O.COc1ccc(CC(=O)O)cc1O.COc1ccc(CC(=S)NCCCn2cncc2C)cc1O.COc1ccc(CC(=S)NCCCn2cncc2C)cc1OC.COc1ccc(CC(=S)NCCCn2cncc2C)cc1OC.Cc1cncn1CCCN. The molecule has 0 atom stereocenters. The van der Waals surface area contributed by atoms with Gasteiger partial charge in [0.25, 0.3) is 0 Å². The third-order valence-corrected chi connectivity index (χ3v) is 20.0. The van der Waals surface area contributed by atoms with Gasteiger partial charge in [-0.15, -0.1) is 0 Å². The highest BCUT2D eigenvalue weighted by molar-refractivity contribution is 7.80. The van der Waals surface area contributed by atoms with E-state index in [-0.39, 0.29) is 35.8 Å². The second-order valence-electron chi connectivity index (χ2n) is 28.3. The highest BCUT2D eigenvalue weighted by Crippen LogP contribution is 2.32. The normalized spacial score (nSPS) is 10.2. The zero-order valence-electron chi connectivity index (χ0n) is 74.0. The van der Waals surface area contributed by atoms with E-state index in [1.807, 2.05) is 132 Å². The number of aryl methyl sites for hydroxylation is 10. The topological polar surface area (TPSA) is 393 Å². The van der Waals surface area contributed by atoms with Crippen molar-refractivity contribution in [2.24, 2.45) is 5.73 Å². The van der Waals surface area contributed by atoms with Gasteiger partial charge in [-0.25, -0.2) is 24.9 Å². The standard InChI is InChI=1S/2C17H23N3O2S.2C16H21N3O2S.2C9H10O4.C7H13N3/c2*1-13-11-18-12-20(13)8-4-7-19-17(23)10-14-5-6-15(21-2)16(9-14)22-3;1-12-10-17-11-19(12)7-3-6-18-16(22)9-13-4-5-15(21-2)14(20)8-13;1-12-10-17-11-19(12)7-3-6-18-16(22)9-13-4-5-14(20)15(8-13)21-2;1-13-8-3-2-6(4-7(8)10)5-9(11)12;1-13-8-4-6(5-9(11)12)2-3-7(8)10;1-7-5-9-6-10(7)4-2-3-8/h2*5-6,9,11-12H,4,7-8,10H2,1-3H3,(H,19,23);2*4-5,8,10-11,20H,3,6-7,9H2,1-2H3,(H,18,22);2*2-4,10H,5H2,1H3,(H,11,12);5-6H,2-4,8H2,1H3. The summed E-state index contributed by atoms with van der Waals surface area (Å²) in [5, 5.41) is 67.9. The monoisotopic (exact) mass is 1810 g/mol. The van der Waals surface area contributed by atoms with Gasteiger partial charge >= 0.3 is 11.9 Å². The van der Waals surface area contributed by atoms with E-state index in [2.05, 4.69) is 82.9 Å². The molecule has 35 heteroatoms. The van der Waals surface area contributed by atoms with E-state index >= 15 is 0 Å². The number of thiocarbonyl (C=S) groups is 4. The molecule has 6 aromatic carbocycles. The van der Waals surface area contributed by atoms with Crippen LogP contribution in [0.4, 0.5) is 0 Å². The lowest BCUT2D eigenvalue weighted by molar-refractivity contribution is -0.137. The summed E-state index contributed by atoms with van der Waals surface area (Å²) in [4.78, 5) is 44.3. The first-order valence-corrected chi connectivity index (χ1v) is 42.1. The molecule has 0 aliphatic carbocycles. The van der Waals surface area contributed by atoms with E-state index in [4.69, 9.17) is 103 Å². The number of phenols is 4. The number of aliphatic carboxylic acids is 2. The number of aromatic hydroxyl groups is 4. The van der Waals surface area contributed by atoms with Crippen LogP contribution in [-0.2, 0) is 80.8 Å². The number of nitrogens with two attached hydrogens (primary N) is 1. The third-order valence-electron chi connectivity index (χ3n) is 18.8. The highest BCUT2D eigenvalue weighted by atomic mass is 32.1. The minimum Gasteiger partial charge on any atom is -0.504 e. The van der Waals surface area contributed by atoms with Gasteiger partial charge in [-0.3, -0.25) is 9.59 Å². The summed E-state index contributed by atoms with van der Waals surface area (Å²) in [6, 6.07) is 31.3.